The topological polar surface area (TPSA) is 37.4 Å². The van der Waals surface area contributed by atoms with Crippen molar-refractivity contribution in [1.82, 2.24) is 0 Å². The van der Waals surface area contributed by atoms with E-state index in [-0.39, 0.29) is 10.6 Å². The first-order valence-corrected chi connectivity index (χ1v) is 7.28. The summed E-state index contributed by atoms with van der Waals surface area (Å²) >= 11 is 11.3. The van der Waals surface area contributed by atoms with Crippen LogP contribution in [0.2, 0.25) is 5.02 Å². The predicted molar refractivity (Wildman–Crippen MR) is 77.2 cm³/mol. The van der Waals surface area contributed by atoms with Crippen LogP contribution in [0.3, 0.4) is 0 Å². The number of amides is 1. The van der Waals surface area contributed by atoms with E-state index in [1.165, 1.54) is 11.0 Å². The Balaban J connectivity index is 2.22. The number of ketones is 1. The Morgan fingerprint density at radius 3 is 2.65 bits per heavy atom. The maximum absolute atomic E-state index is 13.5. The van der Waals surface area contributed by atoms with Crippen LogP contribution in [0.25, 0.3) is 0 Å². The van der Waals surface area contributed by atoms with Crippen molar-refractivity contribution in [2.75, 3.05) is 17.3 Å². The molecule has 0 saturated carbocycles. The second-order valence-corrected chi connectivity index (χ2v) is 5.73. The molecule has 20 heavy (non-hydrogen) atoms. The highest BCUT2D eigenvalue weighted by Gasteiger charge is 2.36. The van der Waals surface area contributed by atoms with Crippen LogP contribution in [0.1, 0.15) is 30.1 Å². The quantitative estimate of drug-likeness (QED) is 0.614. The first-order chi connectivity index (χ1) is 9.45. The Morgan fingerprint density at radius 1 is 1.30 bits per heavy atom. The molecule has 1 aromatic carbocycles. The first-order valence-electron chi connectivity index (χ1n) is 6.37. The van der Waals surface area contributed by atoms with Crippen LogP contribution >= 0.6 is 23.2 Å². The third-order valence-corrected chi connectivity index (χ3v) is 3.97. The van der Waals surface area contributed by atoms with Gasteiger partial charge in [0.25, 0.3) is 11.7 Å². The smallest absolute Gasteiger partial charge is 0.299 e. The molecule has 0 bridgehead atoms. The van der Waals surface area contributed by atoms with E-state index in [4.69, 9.17) is 23.2 Å². The molecule has 0 spiro atoms. The third-order valence-electron chi connectivity index (χ3n) is 3.46. The molecule has 6 heteroatoms. The minimum atomic E-state index is -0.633. The lowest BCUT2D eigenvalue weighted by atomic mass is 10.0. The Bertz CT molecular complexity index is 562. The fraction of sp³-hybridized carbons (Fsp3) is 0.429. The van der Waals surface area contributed by atoms with Gasteiger partial charge in [-0.15, -0.1) is 11.6 Å². The number of anilines is 1. The summed E-state index contributed by atoms with van der Waals surface area (Å²) in [6, 6.07) is 2.36. The Kier molecular flexibility index (Phi) is 4.66. The number of benzene rings is 1. The van der Waals surface area contributed by atoms with Crippen molar-refractivity contribution in [1.29, 1.82) is 0 Å². The third kappa shape index (κ3) is 2.81. The average molecular weight is 318 g/mol. The van der Waals surface area contributed by atoms with Crippen molar-refractivity contribution in [2.45, 2.75) is 19.8 Å². The highest BCUT2D eigenvalue weighted by molar-refractivity contribution is 6.52. The molecule has 1 atom stereocenters. The second kappa shape index (κ2) is 6.10. The number of hydrogen-bond donors (Lipinski definition) is 0. The van der Waals surface area contributed by atoms with Gasteiger partial charge in [0.1, 0.15) is 5.82 Å². The van der Waals surface area contributed by atoms with Gasteiger partial charge in [-0.2, -0.15) is 0 Å². The van der Waals surface area contributed by atoms with Gasteiger partial charge in [0, 0.05) is 12.4 Å². The van der Waals surface area contributed by atoms with Gasteiger partial charge in [-0.25, -0.2) is 4.39 Å². The van der Waals surface area contributed by atoms with Crippen molar-refractivity contribution in [3.8, 4) is 0 Å². The predicted octanol–water partition coefficient (Wildman–Crippen LogP) is 3.66. The van der Waals surface area contributed by atoms with Crippen LogP contribution in [-0.4, -0.2) is 24.1 Å². The number of rotatable bonds is 5. The molecule has 2 rings (SSSR count). The summed E-state index contributed by atoms with van der Waals surface area (Å²) in [7, 11) is 0. The summed E-state index contributed by atoms with van der Waals surface area (Å²) in [5, 5.41) is -0.151. The Labute approximate surface area is 126 Å². The Hall–Kier alpha value is -1.13. The SMILES string of the molecule is CC(CCCl)CCN1C(=O)C(=O)c2cc(Cl)c(F)cc21. The summed E-state index contributed by atoms with van der Waals surface area (Å²) in [5.41, 5.74) is 0.478. The zero-order valence-corrected chi connectivity index (χ0v) is 12.5. The van der Waals surface area contributed by atoms with Crippen LogP contribution in [0.4, 0.5) is 10.1 Å². The number of fused-ring (bicyclic) bond motifs is 1. The second-order valence-electron chi connectivity index (χ2n) is 4.94. The van der Waals surface area contributed by atoms with Crippen molar-refractivity contribution >= 4 is 40.6 Å². The van der Waals surface area contributed by atoms with E-state index in [1.807, 2.05) is 6.92 Å². The molecule has 1 aliphatic rings. The van der Waals surface area contributed by atoms with E-state index in [2.05, 4.69) is 0 Å². The molecule has 0 radical (unpaired) electrons. The molecular weight excluding hydrogens is 304 g/mol. The van der Waals surface area contributed by atoms with Crippen molar-refractivity contribution in [3.63, 3.8) is 0 Å². The van der Waals surface area contributed by atoms with Gasteiger partial charge in [-0.3, -0.25) is 9.59 Å². The van der Waals surface area contributed by atoms with Gasteiger partial charge in [-0.05, 0) is 30.9 Å². The molecule has 1 unspecified atom stereocenters. The summed E-state index contributed by atoms with van der Waals surface area (Å²) in [6.07, 6.45) is 1.54. The fourth-order valence-electron chi connectivity index (χ4n) is 2.19. The van der Waals surface area contributed by atoms with E-state index >= 15 is 0 Å². The van der Waals surface area contributed by atoms with Gasteiger partial charge in [0.2, 0.25) is 0 Å². The highest BCUT2D eigenvalue weighted by atomic mass is 35.5. The molecule has 0 fully saturated rings. The van der Waals surface area contributed by atoms with Gasteiger partial charge < -0.3 is 4.90 Å². The standard InChI is InChI=1S/C14H14Cl2FNO2/c1-8(2-4-15)3-5-18-12-7-11(17)10(16)6-9(12)13(19)14(18)20/h6-8H,2-5H2,1H3. The van der Waals surface area contributed by atoms with Crippen LogP contribution in [0.5, 0.6) is 0 Å². The molecule has 1 heterocycles. The minimum Gasteiger partial charge on any atom is -0.305 e. The molecule has 0 aliphatic carbocycles. The summed E-state index contributed by atoms with van der Waals surface area (Å²) < 4.78 is 13.5. The van der Waals surface area contributed by atoms with Crippen molar-refractivity contribution in [3.05, 3.63) is 28.5 Å². The summed E-state index contributed by atoms with van der Waals surface area (Å²) in [4.78, 5) is 25.1. The first kappa shape index (κ1) is 15.3. The molecule has 1 amide bonds. The lowest BCUT2D eigenvalue weighted by Crippen LogP contribution is -2.31. The summed E-state index contributed by atoms with van der Waals surface area (Å²) in [5.74, 6) is -1.01. The lowest BCUT2D eigenvalue weighted by Gasteiger charge is -2.19. The number of nitrogens with zero attached hydrogens (tertiary/aromatic N) is 1. The normalized spacial score (nSPS) is 15.7. The summed E-state index contributed by atoms with van der Waals surface area (Å²) in [6.45, 7) is 2.39. The molecule has 1 aromatic rings. The minimum absolute atomic E-state index is 0.151. The van der Waals surface area contributed by atoms with Gasteiger partial charge >= 0.3 is 0 Å². The van der Waals surface area contributed by atoms with E-state index in [0.717, 1.165) is 12.5 Å². The van der Waals surface area contributed by atoms with Crippen molar-refractivity contribution in [2.24, 2.45) is 5.92 Å². The number of Topliss-reactive ketones (excluding diaryl/α,β-unsaturated/α-hetero) is 1. The molecule has 0 saturated heterocycles. The Morgan fingerprint density at radius 2 is 2.00 bits per heavy atom. The molecule has 0 N–H and O–H groups in total. The molecule has 1 aliphatic heterocycles. The molecule has 0 aromatic heterocycles. The fourth-order valence-corrected chi connectivity index (χ4v) is 2.73. The maximum atomic E-state index is 13.5. The number of hydrogen-bond acceptors (Lipinski definition) is 2. The van der Waals surface area contributed by atoms with Gasteiger partial charge in [0.15, 0.2) is 0 Å². The van der Waals surface area contributed by atoms with E-state index in [0.29, 0.717) is 30.5 Å². The van der Waals surface area contributed by atoms with Crippen LogP contribution in [0, 0.1) is 11.7 Å². The van der Waals surface area contributed by atoms with Crippen LogP contribution < -0.4 is 4.90 Å². The number of alkyl halides is 1. The maximum Gasteiger partial charge on any atom is 0.299 e. The highest BCUT2D eigenvalue weighted by Crippen LogP contribution is 2.33. The van der Waals surface area contributed by atoms with Gasteiger partial charge in [0.05, 0.1) is 16.3 Å². The number of halogens is 3. The zero-order valence-electron chi connectivity index (χ0n) is 11.0. The van der Waals surface area contributed by atoms with Crippen molar-refractivity contribution < 1.29 is 14.0 Å². The van der Waals surface area contributed by atoms with Gasteiger partial charge in [-0.1, -0.05) is 18.5 Å². The van der Waals surface area contributed by atoms with E-state index in [9.17, 15) is 14.0 Å². The van der Waals surface area contributed by atoms with E-state index < -0.39 is 17.5 Å². The molecule has 108 valence electrons. The zero-order chi connectivity index (χ0) is 14.9. The largest absolute Gasteiger partial charge is 0.305 e. The van der Waals surface area contributed by atoms with E-state index in [1.54, 1.807) is 0 Å². The molecule has 3 nitrogen and oxygen atoms in total. The van der Waals surface area contributed by atoms with Crippen LogP contribution in [0.15, 0.2) is 12.1 Å². The molecular formula is C14H14Cl2FNO2. The number of carbonyl (C=O) groups is 2. The monoisotopic (exact) mass is 317 g/mol. The lowest BCUT2D eigenvalue weighted by molar-refractivity contribution is -0.114. The number of carbonyl (C=O) groups excluding carboxylic acids is 2. The average Bonchev–Trinajstić information content (AvgIpc) is 2.62. The van der Waals surface area contributed by atoms with Crippen LogP contribution in [-0.2, 0) is 4.79 Å².